The second-order valence-corrected chi connectivity index (χ2v) is 11.9. The Hall–Kier alpha value is -5.16. The molecule has 2 unspecified atom stereocenters. The summed E-state index contributed by atoms with van der Waals surface area (Å²) in [5.74, 6) is -0.530. The number of amides is 3. The third kappa shape index (κ3) is 6.74. The number of oxazole rings is 1. The molecule has 1 aliphatic heterocycles. The van der Waals surface area contributed by atoms with Gasteiger partial charge in [-0.3, -0.25) is 4.79 Å². The first-order chi connectivity index (χ1) is 22.3. The number of para-hydroxylation sites is 1. The van der Waals surface area contributed by atoms with E-state index >= 15 is 0 Å². The first-order valence-electron chi connectivity index (χ1n) is 15.4. The fraction of sp³-hybridized carbons (Fsp3) is 0.286. The van der Waals surface area contributed by atoms with Crippen molar-refractivity contribution < 1.29 is 18.4 Å². The molecule has 3 heterocycles. The Morgan fingerprint density at radius 1 is 1.04 bits per heavy atom. The molecule has 10 nitrogen and oxygen atoms in total. The Kier molecular flexibility index (Phi) is 9.02. The number of fused-ring (bicyclic) bond motifs is 1. The maximum Gasteiger partial charge on any atom is 0.318 e. The lowest BCUT2D eigenvalue weighted by molar-refractivity contribution is -0.118. The second-order valence-electron chi connectivity index (χ2n) is 11.9. The Labute approximate surface area is 267 Å². The number of nitrogens with zero attached hydrogens (tertiary/aromatic N) is 4. The summed E-state index contributed by atoms with van der Waals surface area (Å²) in [6, 6.07) is 19.1. The van der Waals surface area contributed by atoms with Crippen molar-refractivity contribution in [2.24, 2.45) is 0 Å². The van der Waals surface area contributed by atoms with Crippen LogP contribution < -0.4 is 15.5 Å². The van der Waals surface area contributed by atoms with E-state index in [0.29, 0.717) is 43.2 Å². The molecule has 0 bridgehead atoms. The zero-order chi connectivity index (χ0) is 32.2. The monoisotopic (exact) mass is 623 g/mol. The van der Waals surface area contributed by atoms with Gasteiger partial charge >= 0.3 is 6.03 Å². The van der Waals surface area contributed by atoms with Crippen molar-refractivity contribution in [3.63, 3.8) is 0 Å². The Balaban J connectivity index is 1.19. The summed E-state index contributed by atoms with van der Waals surface area (Å²) >= 11 is 0. The van der Waals surface area contributed by atoms with Crippen LogP contribution in [-0.2, 0) is 11.3 Å². The largest absolute Gasteiger partial charge is 0.443 e. The molecule has 0 saturated carbocycles. The quantitative estimate of drug-likeness (QED) is 0.195. The van der Waals surface area contributed by atoms with E-state index < -0.39 is 6.04 Å². The number of carbonyl (C=O) groups is 2. The van der Waals surface area contributed by atoms with Crippen LogP contribution in [0.4, 0.5) is 20.6 Å². The highest BCUT2D eigenvalue weighted by Gasteiger charge is 2.32. The van der Waals surface area contributed by atoms with Crippen LogP contribution in [0, 0.1) is 5.82 Å². The molecule has 1 aliphatic rings. The summed E-state index contributed by atoms with van der Waals surface area (Å²) < 4.78 is 19.6. The van der Waals surface area contributed by atoms with Gasteiger partial charge in [-0.1, -0.05) is 37.3 Å². The second kappa shape index (κ2) is 13.5. The van der Waals surface area contributed by atoms with Gasteiger partial charge in [-0.25, -0.2) is 14.2 Å². The van der Waals surface area contributed by atoms with Crippen LogP contribution in [-0.4, -0.2) is 78.0 Å². The number of benzene rings is 3. The number of aromatic nitrogens is 2. The lowest BCUT2D eigenvalue weighted by Gasteiger charge is -2.37. The fourth-order valence-electron chi connectivity index (χ4n) is 6.11. The lowest BCUT2D eigenvalue weighted by Crippen LogP contribution is -2.56. The number of piperazine rings is 1. The first kappa shape index (κ1) is 30.8. The van der Waals surface area contributed by atoms with Crippen LogP contribution in [0.1, 0.15) is 24.0 Å². The van der Waals surface area contributed by atoms with Crippen molar-refractivity contribution in [1.29, 1.82) is 0 Å². The number of H-pyrrole nitrogens is 1. The summed E-state index contributed by atoms with van der Waals surface area (Å²) in [6.45, 7) is 4.57. The number of urea groups is 1. The van der Waals surface area contributed by atoms with Crippen molar-refractivity contribution in [2.75, 3.05) is 50.5 Å². The number of hydrogen-bond donors (Lipinski definition) is 3. The van der Waals surface area contributed by atoms with Gasteiger partial charge in [0.2, 0.25) is 5.91 Å². The highest BCUT2D eigenvalue weighted by molar-refractivity contribution is 5.98. The molecule has 6 rings (SSSR count). The van der Waals surface area contributed by atoms with Crippen molar-refractivity contribution in [3.8, 4) is 11.3 Å². The number of anilines is 2. The molecular formula is C35H38FN7O3. The Morgan fingerprint density at radius 3 is 2.61 bits per heavy atom. The number of halogens is 1. The molecule has 2 aromatic heterocycles. The molecule has 11 heteroatoms. The van der Waals surface area contributed by atoms with Gasteiger partial charge in [-0.15, -0.1) is 0 Å². The predicted molar refractivity (Wildman–Crippen MR) is 177 cm³/mol. The van der Waals surface area contributed by atoms with Gasteiger partial charge in [0.1, 0.15) is 11.9 Å². The molecule has 3 aromatic carbocycles. The number of carbonyl (C=O) groups excluding carboxylic acids is 2. The number of nitrogens with one attached hydrogen (secondary N) is 3. The Morgan fingerprint density at radius 2 is 1.85 bits per heavy atom. The minimum absolute atomic E-state index is 0.296. The third-order valence-electron chi connectivity index (χ3n) is 8.43. The van der Waals surface area contributed by atoms with Gasteiger partial charge < -0.3 is 34.7 Å². The highest BCUT2D eigenvalue weighted by atomic mass is 19.1. The summed E-state index contributed by atoms with van der Waals surface area (Å²) in [5, 5.41) is 7.12. The van der Waals surface area contributed by atoms with Crippen molar-refractivity contribution in [1.82, 2.24) is 25.1 Å². The SMILES string of the molecule is CC(c1c[nH]c2ccccc12)C(NC(=O)N1CCN(c2ccc(F)cc2-c2cnco2)CC1)C(=O)Nc1cccc(CN(C)C)c1. The summed E-state index contributed by atoms with van der Waals surface area (Å²) in [6.07, 6.45) is 4.78. The number of rotatable bonds is 9. The molecular weight excluding hydrogens is 585 g/mol. The van der Waals surface area contributed by atoms with Crippen LogP contribution >= 0.6 is 0 Å². The van der Waals surface area contributed by atoms with E-state index in [1.54, 1.807) is 17.2 Å². The lowest BCUT2D eigenvalue weighted by atomic mass is 9.92. The first-order valence-corrected chi connectivity index (χ1v) is 15.4. The molecule has 0 spiro atoms. The predicted octanol–water partition coefficient (Wildman–Crippen LogP) is 5.67. The van der Waals surface area contributed by atoms with Gasteiger partial charge in [0.05, 0.1) is 6.20 Å². The van der Waals surface area contributed by atoms with E-state index in [1.165, 1.54) is 18.5 Å². The van der Waals surface area contributed by atoms with E-state index in [-0.39, 0.29) is 23.7 Å². The number of hydrogen-bond acceptors (Lipinski definition) is 6. The molecule has 1 saturated heterocycles. The topological polar surface area (TPSA) is 110 Å². The van der Waals surface area contributed by atoms with Crippen LogP contribution in [0.15, 0.2) is 89.9 Å². The maximum absolute atomic E-state index is 14.1. The number of aromatic amines is 1. The maximum atomic E-state index is 14.1. The average molecular weight is 624 g/mol. The van der Waals surface area contributed by atoms with Crippen LogP contribution in [0.3, 0.4) is 0 Å². The van der Waals surface area contributed by atoms with E-state index in [1.807, 2.05) is 75.7 Å². The Bertz CT molecular complexity index is 1810. The summed E-state index contributed by atoms with van der Waals surface area (Å²) in [4.78, 5) is 40.8. The molecule has 1 fully saturated rings. The summed E-state index contributed by atoms with van der Waals surface area (Å²) in [7, 11) is 3.99. The highest BCUT2D eigenvalue weighted by Crippen LogP contribution is 2.33. The molecule has 0 aliphatic carbocycles. The average Bonchev–Trinajstić information content (AvgIpc) is 3.74. The van der Waals surface area contributed by atoms with Crippen molar-refractivity contribution in [2.45, 2.75) is 25.4 Å². The zero-order valence-electron chi connectivity index (χ0n) is 26.2. The molecule has 3 amide bonds. The molecule has 3 N–H and O–H groups in total. The van der Waals surface area contributed by atoms with E-state index in [2.05, 4.69) is 30.4 Å². The standard InChI is InChI=1S/C35H38FN7O3/c1-23(29-19-38-30-10-5-4-9-27(29)30)33(34(44)39-26-8-6-7-24(17-26)21-41(2)3)40-35(45)43-15-13-42(14-16-43)31-12-11-25(36)18-28(31)32-20-37-22-46-32/h4-12,17-20,22-23,33,38H,13-16,21H2,1-3H3,(H,39,44)(H,40,45). The fourth-order valence-corrected chi connectivity index (χ4v) is 6.11. The van der Waals surface area contributed by atoms with Crippen molar-refractivity contribution in [3.05, 3.63) is 102 Å². The van der Waals surface area contributed by atoms with Gasteiger partial charge in [-0.05, 0) is 61.6 Å². The summed E-state index contributed by atoms with van der Waals surface area (Å²) in [5.41, 5.74) is 5.06. The minimum Gasteiger partial charge on any atom is -0.443 e. The van der Waals surface area contributed by atoms with Gasteiger partial charge in [-0.2, -0.15) is 0 Å². The van der Waals surface area contributed by atoms with Gasteiger partial charge in [0.25, 0.3) is 0 Å². The zero-order valence-corrected chi connectivity index (χ0v) is 26.2. The van der Waals surface area contributed by atoms with E-state index in [9.17, 15) is 14.0 Å². The molecule has 0 radical (unpaired) electrons. The van der Waals surface area contributed by atoms with Gasteiger partial charge in [0, 0.05) is 72.7 Å². The minimum atomic E-state index is -0.850. The molecule has 5 aromatic rings. The van der Waals surface area contributed by atoms with Gasteiger partial charge in [0.15, 0.2) is 12.2 Å². The smallest absolute Gasteiger partial charge is 0.318 e. The van der Waals surface area contributed by atoms with E-state index in [0.717, 1.165) is 34.3 Å². The molecule has 46 heavy (non-hydrogen) atoms. The molecule has 2 atom stereocenters. The van der Waals surface area contributed by atoms with E-state index in [4.69, 9.17) is 4.42 Å². The molecule has 238 valence electrons. The third-order valence-corrected chi connectivity index (χ3v) is 8.43. The van der Waals surface area contributed by atoms with Crippen LogP contribution in [0.25, 0.3) is 22.2 Å². The van der Waals surface area contributed by atoms with Crippen molar-refractivity contribution >= 4 is 34.2 Å². The van der Waals surface area contributed by atoms with Crippen LogP contribution in [0.5, 0.6) is 0 Å². The normalized spacial score (nSPS) is 14.8. The van der Waals surface area contributed by atoms with Crippen LogP contribution in [0.2, 0.25) is 0 Å².